The second kappa shape index (κ2) is 5.75. The normalized spacial score (nSPS) is 11.3. The molecule has 1 N–H and O–H groups in total. The molecule has 0 fully saturated rings. The van der Waals surface area contributed by atoms with E-state index in [0.29, 0.717) is 5.02 Å². The summed E-state index contributed by atoms with van der Waals surface area (Å²) in [4.78, 5) is 28.3. The first-order chi connectivity index (χ1) is 10.9. The number of halogens is 2. The van der Waals surface area contributed by atoms with Crippen molar-refractivity contribution in [3.05, 3.63) is 61.0 Å². The Labute approximate surface area is 139 Å². The molecule has 0 aliphatic heterocycles. The summed E-state index contributed by atoms with van der Waals surface area (Å²) in [6, 6.07) is 7.02. The summed E-state index contributed by atoms with van der Waals surface area (Å²) in [5.74, 6) is 0. The van der Waals surface area contributed by atoms with E-state index in [1.807, 2.05) is 0 Å². The van der Waals surface area contributed by atoms with Crippen molar-refractivity contribution >= 4 is 34.4 Å². The zero-order valence-electron chi connectivity index (χ0n) is 12.0. The van der Waals surface area contributed by atoms with Crippen LogP contribution in [0, 0.1) is 0 Å². The van der Waals surface area contributed by atoms with Gasteiger partial charge < -0.3 is 9.77 Å². The largest absolute Gasteiger partial charge is 0.421 e. The van der Waals surface area contributed by atoms with E-state index in [2.05, 4.69) is 4.98 Å². The van der Waals surface area contributed by atoms with Crippen molar-refractivity contribution in [1.82, 2.24) is 18.8 Å². The second-order valence-corrected chi connectivity index (χ2v) is 5.68. The monoisotopic (exact) mass is 354 g/mol. The third-order valence-electron chi connectivity index (χ3n) is 3.54. The highest BCUT2D eigenvalue weighted by molar-refractivity contribution is 6.30. The second-order valence-electron chi connectivity index (χ2n) is 4.91. The highest BCUT2D eigenvalue weighted by Gasteiger charge is 2.20. The van der Waals surface area contributed by atoms with Crippen molar-refractivity contribution in [2.75, 3.05) is 0 Å². The molecular formula is C14H12Cl2N4O3. The fraction of sp³-hybridized carbons (Fsp3) is 0.214. The summed E-state index contributed by atoms with van der Waals surface area (Å²) in [5.41, 5.74) is -0.657. The number of benzene rings is 1. The van der Waals surface area contributed by atoms with Gasteiger partial charge in [-0.2, -0.15) is 4.98 Å². The average Bonchev–Trinajstić information content (AvgIpc) is 2.84. The van der Waals surface area contributed by atoms with Crippen LogP contribution in [-0.4, -0.2) is 24.1 Å². The smallest absolute Gasteiger partial charge is 0.366 e. The Morgan fingerprint density at radius 2 is 1.78 bits per heavy atom. The van der Waals surface area contributed by atoms with Gasteiger partial charge in [0.15, 0.2) is 11.2 Å². The van der Waals surface area contributed by atoms with Gasteiger partial charge in [-0.25, -0.2) is 4.79 Å². The standard InChI is InChI=1S/C14H12Cl2N4O3/c1-2-18-11-10(12(21)20(23)14(18)22)19(13(16)17-11)7-8-3-5-9(15)6-4-8/h3-6,23H,2,7H2,1H3. The van der Waals surface area contributed by atoms with Crippen LogP contribution in [0.1, 0.15) is 12.5 Å². The van der Waals surface area contributed by atoms with Crippen LogP contribution < -0.4 is 11.2 Å². The van der Waals surface area contributed by atoms with Crippen molar-refractivity contribution in [3.63, 3.8) is 0 Å². The fourth-order valence-electron chi connectivity index (χ4n) is 2.41. The van der Waals surface area contributed by atoms with E-state index in [1.165, 1.54) is 9.13 Å². The molecule has 1 aromatic carbocycles. The van der Waals surface area contributed by atoms with E-state index in [1.54, 1.807) is 31.2 Å². The fourth-order valence-corrected chi connectivity index (χ4v) is 2.76. The van der Waals surface area contributed by atoms with Gasteiger partial charge in [0, 0.05) is 11.6 Å². The third kappa shape index (κ3) is 2.51. The Morgan fingerprint density at radius 1 is 1.13 bits per heavy atom. The molecule has 0 bridgehead atoms. The SMILES string of the molecule is CCn1c(=O)n(O)c(=O)c2c1nc(Cl)n2Cc1ccc(Cl)cc1. The van der Waals surface area contributed by atoms with Crippen LogP contribution in [-0.2, 0) is 13.1 Å². The van der Waals surface area contributed by atoms with Gasteiger partial charge in [0.05, 0.1) is 6.54 Å². The highest BCUT2D eigenvalue weighted by Crippen LogP contribution is 2.19. The first-order valence-electron chi connectivity index (χ1n) is 6.79. The van der Waals surface area contributed by atoms with Crippen molar-refractivity contribution in [3.8, 4) is 0 Å². The summed E-state index contributed by atoms with van der Waals surface area (Å²) in [6.45, 7) is 2.20. The van der Waals surface area contributed by atoms with E-state index >= 15 is 0 Å². The molecule has 9 heteroatoms. The third-order valence-corrected chi connectivity index (χ3v) is 4.08. The lowest BCUT2D eigenvalue weighted by Gasteiger charge is -2.08. The Morgan fingerprint density at radius 3 is 2.39 bits per heavy atom. The van der Waals surface area contributed by atoms with Crippen LogP contribution in [0.15, 0.2) is 33.9 Å². The minimum absolute atomic E-state index is 0.0554. The van der Waals surface area contributed by atoms with Crippen LogP contribution in [0.5, 0.6) is 0 Å². The number of aryl methyl sites for hydroxylation is 1. The molecule has 0 atom stereocenters. The minimum Gasteiger partial charge on any atom is -0.421 e. The summed E-state index contributed by atoms with van der Waals surface area (Å²) in [5, 5.41) is 10.4. The van der Waals surface area contributed by atoms with E-state index in [-0.39, 0.29) is 34.3 Å². The first kappa shape index (κ1) is 15.6. The molecule has 0 amide bonds. The van der Waals surface area contributed by atoms with E-state index in [9.17, 15) is 14.8 Å². The Kier molecular flexibility index (Phi) is 3.91. The quantitative estimate of drug-likeness (QED) is 0.575. The molecule has 0 saturated heterocycles. The number of rotatable bonds is 3. The molecule has 7 nitrogen and oxygen atoms in total. The molecular weight excluding hydrogens is 343 g/mol. The summed E-state index contributed by atoms with van der Waals surface area (Å²) >= 11 is 12.0. The van der Waals surface area contributed by atoms with Crippen molar-refractivity contribution < 1.29 is 5.21 Å². The first-order valence-corrected chi connectivity index (χ1v) is 7.55. The molecule has 23 heavy (non-hydrogen) atoms. The topological polar surface area (TPSA) is 82.0 Å². The molecule has 120 valence electrons. The Balaban J connectivity index is 2.27. The van der Waals surface area contributed by atoms with Crippen molar-refractivity contribution in [1.29, 1.82) is 0 Å². The molecule has 3 rings (SSSR count). The number of hydrogen-bond acceptors (Lipinski definition) is 4. The number of fused-ring (bicyclic) bond motifs is 1. The molecule has 0 saturated carbocycles. The van der Waals surface area contributed by atoms with Gasteiger partial charge in [0.1, 0.15) is 0 Å². The number of imidazole rings is 1. The Hall–Kier alpha value is -2.25. The maximum Gasteiger partial charge on any atom is 0.366 e. The lowest BCUT2D eigenvalue weighted by atomic mass is 10.2. The van der Waals surface area contributed by atoms with E-state index < -0.39 is 11.2 Å². The van der Waals surface area contributed by atoms with Gasteiger partial charge in [-0.3, -0.25) is 9.36 Å². The number of hydrogen-bond donors (Lipinski definition) is 1. The molecule has 2 heterocycles. The lowest BCUT2D eigenvalue weighted by Crippen LogP contribution is -2.39. The molecule has 0 aliphatic carbocycles. The van der Waals surface area contributed by atoms with Crippen molar-refractivity contribution in [2.45, 2.75) is 20.0 Å². The van der Waals surface area contributed by atoms with Gasteiger partial charge in [0.25, 0.3) is 0 Å². The molecule has 3 aromatic rings. The van der Waals surface area contributed by atoms with Gasteiger partial charge >= 0.3 is 11.2 Å². The van der Waals surface area contributed by atoms with E-state index in [0.717, 1.165) is 5.56 Å². The molecule has 2 aromatic heterocycles. The zero-order valence-corrected chi connectivity index (χ0v) is 13.5. The van der Waals surface area contributed by atoms with Gasteiger partial charge in [-0.1, -0.05) is 28.5 Å². The van der Waals surface area contributed by atoms with E-state index in [4.69, 9.17) is 23.2 Å². The van der Waals surface area contributed by atoms with Gasteiger partial charge in [-0.05, 0) is 36.2 Å². The number of aromatic nitrogens is 4. The molecule has 0 spiro atoms. The number of nitrogens with zero attached hydrogens (tertiary/aromatic N) is 4. The maximum absolute atomic E-state index is 12.3. The summed E-state index contributed by atoms with van der Waals surface area (Å²) in [7, 11) is 0. The van der Waals surface area contributed by atoms with Crippen LogP contribution in [0.3, 0.4) is 0 Å². The molecule has 0 radical (unpaired) electrons. The van der Waals surface area contributed by atoms with Crippen LogP contribution in [0.2, 0.25) is 10.3 Å². The van der Waals surface area contributed by atoms with Crippen LogP contribution >= 0.6 is 23.2 Å². The zero-order chi connectivity index (χ0) is 16.7. The maximum atomic E-state index is 12.3. The summed E-state index contributed by atoms with van der Waals surface area (Å²) in [6.07, 6.45) is 0. The summed E-state index contributed by atoms with van der Waals surface area (Å²) < 4.78 is 2.70. The average molecular weight is 355 g/mol. The van der Waals surface area contributed by atoms with Gasteiger partial charge in [-0.15, -0.1) is 0 Å². The van der Waals surface area contributed by atoms with Crippen molar-refractivity contribution in [2.24, 2.45) is 0 Å². The molecule has 0 unspecified atom stereocenters. The highest BCUT2D eigenvalue weighted by atomic mass is 35.5. The van der Waals surface area contributed by atoms with Gasteiger partial charge in [0.2, 0.25) is 5.28 Å². The molecule has 0 aliphatic rings. The minimum atomic E-state index is -0.858. The van der Waals surface area contributed by atoms with Crippen LogP contribution in [0.25, 0.3) is 11.2 Å². The predicted molar refractivity (Wildman–Crippen MR) is 86.7 cm³/mol. The van der Waals surface area contributed by atoms with Crippen LogP contribution in [0.4, 0.5) is 0 Å². The predicted octanol–water partition coefficient (Wildman–Crippen LogP) is 1.97. The lowest BCUT2D eigenvalue weighted by molar-refractivity contribution is 0.157. The Bertz CT molecular complexity index is 1000.